The van der Waals surface area contributed by atoms with Crippen molar-refractivity contribution in [3.8, 4) is 6.07 Å². The zero-order valence-corrected chi connectivity index (χ0v) is 12.0. The molecular formula is C17H8F4N2O. The minimum absolute atomic E-state index is 0.0402. The number of H-pyrrole nitrogens is 1. The van der Waals surface area contributed by atoms with E-state index in [2.05, 4.69) is 4.98 Å². The smallest absolute Gasteiger partial charge is 0.207 e. The van der Waals surface area contributed by atoms with Crippen molar-refractivity contribution in [3.05, 3.63) is 80.6 Å². The van der Waals surface area contributed by atoms with Gasteiger partial charge in [-0.05, 0) is 17.7 Å². The lowest BCUT2D eigenvalue weighted by Gasteiger charge is -2.10. The second-order valence-electron chi connectivity index (χ2n) is 5.13. The zero-order valence-electron chi connectivity index (χ0n) is 12.0. The van der Waals surface area contributed by atoms with E-state index in [4.69, 9.17) is 5.26 Å². The Kier molecular flexibility index (Phi) is 3.81. The van der Waals surface area contributed by atoms with Crippen LogP contribution < -0.4 is 5.43 Å². The summed E-state index contributed by atoms with van der Waals surface area (Å²) in [5.74, 6) is -4.25. The number of benzene rings is 2. The molecule has 0 atom stereocenters. The van der Waals surface area contributed by atoms with E-state index in [9.17, 15) is 22.4 Å². The highest BCUT2D eigenvalue weighted by atomic mass is 19.2. The first-order valence-corrected chi connectivity index (χ1v) is 6.78. The molecule has 0 spiro atoms. The summed E-state index contributed by atoms with van der Waals surface area (Å²) in [6.45, 7) is 0. The minimum atomic E-state index is -1.29. The van der Waals surface area contributed by atoms with E-state index in [1.54, 1.807) is 6.07 Å². The number of rotatable bonds is 2. The average molecular weight is 332 g/mol. The van der Waals surface area contributed by atoms with Gasteiger partial charge in [0.25, 0.3) is 0 Å². The fourth-order valence-electron chi connectivity index (χ4n) is 2.48. The number of aromatic nitrogens is 1. The van der Waals surface area contributed by atoms with Crippen LogP contribution in [0.5, 0.6) is 0 Å². The number of halogens is 4. The Balaban J connectivity index is 2.27. The highest BCUT2D eigenvalue weighted by Crippen LogP contribution is 2.25. The molecule has 7 heteroatoms. The summed E-state index contributed by atoms with van der Waals surface area (Å²) in [5.41, 5.74) is -1.40. The van der Waals surface area contributed by atoms with Gasteiger partial charge in [-0.3, -0.25) is 4.79 Å². The molecule has 0 saturated carbocycles. The van der Waals surface area contributed by atoms with Crippen molar-refractivity contribution in [1.82, 2.24) is 4.98 Å². The minimum Gasteiger partial charge on any atom is -0.359 e. The summed E-state index contributed by atoms with van der Waals surface area (Å²) in [5, 5.41) is 8.63. The van der Waals surface area contributed by atoms with Crippen molar-refractivity contribution >= 4 is 10.9 Å². The summed E-state index contributed by atoms with van der Waals surface area (Å²) in [6, 6.07) is 5.07. The van der Waals surface area contributed by atoms with Gasteiger partial charge in [0.15, 0.2) is 11.6 Å². The van der Waals surface area contributed by atoms with Crippen LogP contribution in [0.25, 0.3) is 10.9 Å². The van der Waals surface area contributed by atoms with E-state index < -0.39 is 35.1 Å². The zero-order chi connectivity index (χ0) is 17.4. The van der Waals surface area contributed by atoms with E-state index in [1.807, 2.05) is 0 Å². The highest BCUT2D eigenvalue weighted by Gasteiger charge is 2.19. The maximum atomic E-state index is 14.2. The molecule has 3 aromatic rings. The third kappa shape index (κ3) is 2.52. The molecule has 0 bridgehead atoms. The third-order valence-electron chi connectivity index (χ3n) is 3.67. The first-order valence-electron chi connectivity index (χ1n) is 6.78. The lowest BCUT2D eigenvalue weighted by atomic mass is 9.99. The summed E-state index contributed by atoms with van der Waals surface area (Å²) in [7, 11) is 0. The standard InChI is InChI=1S/C17H8F4N2O/c18-10-2-1-8(13(19)4-10)3-11-15(21)14(20)5-12-16(11)23-7-9(6-22)17(12)24/h1-2,4-5,7H,3H2,(H,23,24). The van der Waals surface area contributed by atoms with Gasteiger partial charge >= 0.3 is 0 Å². The molecule has 0 aliphatic rings. The molecule has 1 aromatic heterocycles. The molecule has 24 heavy (non-hydrogen) atoms. The van der Waals surface area contributed by atoms with Gasteiger partial charge in [0.05, 0.1) is 10.9 Å². The number of nitrogens with zero attached hydrogens (tertiary/aromatic N) is 1. The van der Waals surface area contributed by atoms with Crippen molar-refractivity contribution in [2.45, 2.75) is 6.42 Å². The second-order valence-corrected chi connectivity index (χ2v) is 5.13. The first kappa shape index (κ1) is 15.7. The van der Waals surface area contributed by atoms with Crippen LogP contribution in [0.1, 0.15) is 16.7 Å². The van der Waals surface area contributed by atoms with Gasteiger partial charge in [0, 0.05) is 24.2 Å². The van der Waals surface area contributed by atoms with Crippen LogP contribution in [0.4, 0.5) is 17.6 Å². The van der Waals surface area contributed by atoms with Gasteiger partial charge in [-0.2, -0.15) is 5.26 Å². The summed E-state index contributed by atoms with van der Waals surface area (Å²) < 4.78 is 54.8. The van der Waals surface area contributed by atoms with Crippen molar-refractivity contribution in [2.75, 3.05) is 0 Å². The van der Waals surface area contributed by atoms with Gasteiger partial charge in [0.2, 0.25) is 5.43 Å². The Bertz CT molecular complexity index is 1070. The summed E-state index contributed by atoms with van der Waals surface area (Å²) >= 11 is 0. The number of fused-ring (bicyclic) bond motifs is 1. The maximum Gasteiger partial charge on any atom is 0.207 e. The number of hydrogen-bond donors (Lipinski definition) is 1. The van der Waals surface area contributed by atoms with Crippen LogP contribution in [0.3, 0.4) is 0 Å². The Labute approximate surface area is 132 Å². The molecule has 0 aliphatic carbocycles. The SMILES string of the molecule is N#Cc1c[nH]c2c(Cc3ccc(F)cc3F)c(F)c(F)cc2c1=O. The normalized spacial score (nSPS) is 10.8. The molecule has 1 N–H and O–H groups in total. The molecule has 1 heterocycles. The molecule has 2 aromatic carbocycles. The van der Waals surface area contributed by atoms with Crippen LogP contribution in [0.2, 0.25) is 0 Å². The van der Waals surface area contributed by atoms with E-state index >= 15 is 0 Å². The lowest BCUT2D eigenvalue weighted by Crippen LogP contribution is -2.11. The Morgan fingerprint density at radius 3 is 2.50 bits per heavy atom. The highest BCUT2D eigenvalue weighted by molar-refractivity contribution is 5.83. The van der Waals surface area contributed by atoms with Crippen molar-refractivity contribution in [2.24, 2.45) is 0 Å². The van der Waals surface area contributed by atoms with E-state index in [0.717, 1.165) is 18.3 Å². The lowest BCUT2D eigenvalue weighted by molar-refractivity contribution is 0.502. The molecule has 0 fully saturated rings. The molecule has 0 radical (unpaired) electrons. The van der Waals surface area contributed by atoms with Crippen LogP contribution in [-0.4, -0.2) is 4.98 Å². The van der Waals surface area contributed by atoms with Crippen molar-refractivity contribution < 1.29 is 17.6 Å². The van der Waals surface area contributed by atoms with Gasteiger partial charge in [-0.25, -0.2) is 17.6 Å². The largest absolute Gasteiger partial charge is 0.359 e. The predicted molar refractivity (Wildman–Crippen MR) is 78.4 cm³/mol. The number of pyridine rings is 1. The molecule has 3 nitrogen and oxygen atoms in total. The predicted octanol–water partition coefficient (Wildman–Crippen LogP) is 3.55. The number of nitrogens with one attached hydrogen (secondary N) is 1. The molecule has 0 saturated heterocycles. The van der Waals surface area contributed by atoms with Crippen LogP contribution in [0, 0.1) is 34.6 Å². The number of hydrogen-bond acceptors (Lipinski definition) is 2. The fraction of sp³-hybridized carbons (Fsp3) is 0.0588. The monoisotopic (exact) mass is 332 g/mol. The summed E-state index contributed by atoms with van der Waals surface area (Å²) in [4.78, 5) is 14.7. The van der Waals surface area contributed by atoms with E-state index in [0.29, 0.717) is 12.1 Å². The average Bonchev–Trinajstić information content (AvgIpc) is 2.55. The first-order chi connectivity index (χ1) is 11.4. The number of nitriles is 1. The molecule has 3 rings (SSSR count). The summed E-state index contributed by atoms with van der Waals surface area (Å²) in [6.07, 6.45) is 0.681. The van der Waals surface area contributed by atoms with Gasteiger partial charge in [-0.15, -0.1) is 0 Å². The maximum absolute atomic E-state index is 14.2. The Hall–Kier alpha value is -3.14. The molecule has 0 amide bonds. The Morgan fingerprint density at radius 1 is 1.08 bits per heavy atom. The molecule has 0 aliphatic heterocycles. The van der Waals surface area contributed by atoms with Gasteiger partial charge < -0.3 is 4.98 Å². The third-order valence-corrected chi connectivity index (χ3v) is 3.67. The molecular weight excluding hydrogens is 324 g/mol. The molecule has 120 valence electrons. The van der Waals surface area contributed by atoms with Crippen molar-refractivity contribution in [1.29, 1.82) is 5.26 Å². The number of aromatic amines is 1. The van der Waals surface area contributed by atoms with Crippen molar-refractivity contribution in [3.63, 3.8) is 0 Å². The van der Waals surface area contributed by atoms with Gasteiger partial charge in [-0.1, -0.05) is 6.07 Å². The quantitative estimate of drug-likeness (QED) is 0.730. The topological polar surface area (TPSA) is 56.6 Å². The van der Waals surface area contributed by atoms with E-state index in [-0.39, 0.29) is 27.6 Å². The van der Waals surface area contributed by atoms with Crippen LogP contribution in [0.15, 0.2) is 35.3 Å². The second kappa shape index (κ2) is 5.81. The van der Waals surface area contributed by atoms with Crippen LogP contribution >= 0.6 is 0 Å². The fourth-order valence-corrected chi connectivity index (χ4v) is 2.48. The van der Waals surface area contributed by atoms with Crippen LogP contribution in [-0.2, 0) is 6.42 Å². The van der Waals surface area contributed by atoms with Gasteiger partial charge in [0.1, 0.15) is 23.3 Å². The Morgan fingerprint density at radius 2 is 1.83 bits per heavy atom. The molecule has 0 unspecified atom stereocenters. The van der Waals surface area contributed by atoms with E-state index in [1.165, 1.54) is 0 Å².